The van der Waals surface area contributed by atoms with Crippen molar-refractivity contribution >= 4 is 17.7 Å². The van der Waals surface area contributed by atoms with Crippen molar-refractivity contribution in [3.8, 4) is 0 Å². The van der Waals surface area contributed by atoms with E-state index in [1.807, 2.05) is 11.8 Å². The molecule has 2 fully saturated rings. The predicted octanol–water partition coefficient (Wildman–Crippen LogP) is 2.26. The molecule has 1 unspecified atom stereocenters. The van der Waals surface area contributed by atoms with Crippen LogP contribution in [0.3, 0.4) is 0 Å². The fourth-order valence-electron chi connectivity index (χ4n) is 2.95. The van der Waals surface area contributed by atoms with Gasteiger partial charge in [-0.05, 0) is 50.9 Å². The van der Waals surface area contributed by atoms with Gasteiger partial charge in [-0.3, -0.25) is 4.79 Å². The number of amides is 1. The molecule has 0 aromatic carbocycles. The van der Waals surface area contributed by atoms with Crippen molar-refractivity contribution in [3.63, 3.8) is 0 Å². The van der Waals surface area contributed by atoms with Crippen molar-refractivity contribution < 1.29 is 4.79 Å². The van der Waals surface area contributed by atoms with Gasteiger partial charge >= 0.3 is 0 Å². The minimum Gasteiger partial charge on any atom is -0.339 e. The molecule has 2 aliphatic heterocycles. The summed E-state index contributed by atoms with van der Waals surface area (Å²) < 4.78 is 0. The molecule has 0 radical (unpaired) electrons. The number of nitrogens with one attached hydrogen (secondary N) is 1. The second kappa shape index (κ2) is 7.39. The van der Waals surface area contributed by atoms with Crippen LogP contribution in [0.5, 0.6) is 0 Å². The van der Waals surface area contributed by atoms with Crippen molar-refractivity contribution in [3.05, 3.63) is 0 Å². The zero-order valence-electron chi connectivity index (χ0n) is 11.5. The fourth-order valence-corrected chi connectivity index (χ4v) is 4.22. The first-order valence-electron chi connectivity index (χ1n) is 7.45. The molecule has 2 rings (SSSR count). The van der Waals surface area contributed by atoms with Crippen LogP contribution in [0.15, 0.2) is 0 Å². The van der Waals surface area contributed by atoms with Crippen LogP contribution in [-0.2, 0) is 4.79 Å². The quantitative estimate of drug-likeness (QED) is 0.850. The molecular formula is C14H26N2OS. The molecule has 104 valence electrons. The molecule has 0 aliphatic carbocycles. The third-order valence-corrected chi connectivity index (χ3v) is 5.32. The molecule has 0 spiro atoms. The first-order chi connectivity index (χ1) is 8.83. The molecule has 0 saturated carbocycles. The van der Waals surface area contributed by atoms with Gasteiger partial charge in [-0.25, -0.2) is 0 Å². The number of rotatable bonds is 4. The Labute approximate surface area is 115 Å². The van der Waals surface area contributed by atoms with Crippen LogP contribution in [0.2, 0.25) is 0 Å². The van der Waals surface area contributed by atoms with Crippen molar-refractivity contribution in [2.45, 2.75) is 56.7 Å². The molecule has 18 heavy (non-hydrogen) atoms. The van der Waals surface area contributed by atoms with Gasteiger partial charge in [0.05, 0.1) is 5.25 Å². The van der Waals surface area contributed by atoms with E-state index < -0.39 is 0 Å². The molecule has 3 nitrogen and oxygen atoms in total. The van der Waals surface area contributed by atoms with Crippen LogP contribution >= 0.6 is 11.8 Å². The van der Waals surface area contributed by atoms with Gasteiger partial charge in [0.25, 0.3) is 0 Å². The van der Waals surface area contributed by atoms with Gasteiger partial charge < -0.3 is 10.2 Å². The van der Waals surface area contributed by atoms with E-state index in [2.05, 4.69) is 17.1 Å². The molecule has 0 bridgehead atoms. The second-order valence-corrected chi connectivity index (χ2v) is 6.68. The Morgan fingerprint density at radius 1 is 1.28 bits per heavy atom. The van der Waals surface area contributed by atoms with Crippen molar-refractivity contribution in [1.29, 1.82) is 0 Å². The van der Waals surface area contributed by atoms with Gasteiger partial charge in [-0.15, -0.1) is 11.8 Å². The van der Waals surface area contributed by atoms with Crippen LogP contribution in [0, 0.1) is 0 Å². The lowest BCUT2D eigenvalue weighted by atomic mass is 10.0. The van der Waals surface area contributed by atoms with E-state index in [1.54, 1.807) is 0 Å². The molecule has 1 amide bonds. The summed E-state index contributed by atoms with van der Waals surface area (Å²) in [6, 6.07) is 0.487. The van der Waals surface area contributed by atoms with Crippen molar-refractivity contribution in [2.75, 3.05) is 25.4 Å². The largest absolute Gasteiger partial charge is 0.339 e. The summed E-state index contributed by atoms with van der Waals surface area (Å²) in [6.45, 7) is 5.25. The van der Waals surface area contributed by atoms with E-state index in [4.69, 9.17) is 0 Å². The minimum atomic E-state index is 0.250. The van der Waals surface area contributed by atoms with Crippen LogP contribution in [0.1, 0.15) is 45.4 Å². The Balaban J connectivity index is 1.96. The summed E-state index contributed by atoms with van der Waals surface area (Å²) >= 11 is 1.88. The van der Waals surface area contributed by atoms with E-state index in [0.717, 1.165) is 45.3 Å². The standard InChI is InChI=1S/C14H26N2OS/c1-2-10-16(12-6-8-15-9-7-12)14(17)13-5-3-4-11-18-13/h12-13,15H,2-11H2,1H3. The molecular weight excluding hydrogens is 244 g/mol. The highest BCUT2D eigenvalue weighted by molar-refractivity contribution is 8.00. The van der Waals surface area contributed by atoms with Crippen LogP contribution < -0.4 is 5.32 Å². The maximum atomic E-state index is 12.7. The van der Waals surface area contributed by atoms with Crippen LogP contribution in [0.4, 0.5) is 0 Å². The monoisotopic (exact) mass is 270 g/mol. The Morgan fingerprint density at radius 2 is 2.06 bits per heavy atom. The molecule has 4 heteroatoms. The normalized spacial score (nSPS) is 25.9. The van der Waals surface area contributed by atoms with Crippen LogP contribution in [0.25, 0.3) is 0 Å². The Hall–Kier alpha value is -0.220. The maximum absolute atomic E-state index is 12.7. The average Bonchev–Trinajstić information content (AvgIpc) is 2.46. The van der Waals surface area contributed by atoms with Gasteiger partial charge in [0.1, 0.15) is 0 Å². The van der Waals surface area contributed by atoms with Gasteiger partial charge in [0, 0.05) is 12.6 Å². The van der Waals surface area contributed by atoms with E-state index >= 15 is 0 Å². The highest BCUT2D eigenvalue weighted by Crippen LogP contribution is 2.28. The highest BCUT2D eigenvalue weighted by atomic mass is 32.2. The summed E-state index contributed by atoms with van der Waals surface area (Å²) in [7, 11) is 0. The number of piperidine rings is 1. The third-order valence-electron chi connectivity index (χ3n) is 3.95. The van der Waals surface area contributed by atoms with Gasteiger partial charge in [0.2, 0.25) is 5.91 Å². The average molecular weight is 270 g/mol. The maximum Gasteiger partial charge on any atom is 0.235 e. The van der Waals surface area contributed by atoms with E-state index in [-0.39, 0.29) is 5.25 Å². The SMILES string of the molecule is CCCN(C(=O)C1CCCCS1)C1CCNCC1. The van der Waals surface area contributed by atoms with E-state index in [1.165, 1.54) is 18.6 Å². The molecule has 0 aromatic rings. The summed E-state index contributed by atoms with van der Waals surface area (Å²) in [5, 5.41) is 3.64. The number of hydrogen-bond donors (Lipinski definition) is 1. The molecule has 2 aliphatic rings. The topological polar surface area (TPSA) is 32.3 Å². The highest BCUT2D eigenvalue weighted by Gasteiger charge is 2.31. The van der Waals surface area contributed by atoms with Gasteiger partial charge in [-0.1, -0.05) is 13.3 Å². The Kier molecular flexibility index (Phi) is 5.83. The van der Waals surface area contributed by atoms with E-state index in [0.29, 0.717) is 11.9 Å². The summed E-state index contributed by atoms with van der Waals surface area (Å²) in [5.74, 6) is 1.59. The van der Waals surface area contributed by atoms with Gasteiger partial charge in [0.15, 0.2) is 0 Å². The molecule has 1 atom stereocenters. The zero-order valence-corrected chi connectivity index (χ0v) is 12.3. The summed E-state index contributed by atoms with van der Waals surface area (Å²) in [6.07, 6.45) is 6.94. The molecule has 2 saturated heterocycles. The lowest BCUT2D eigenvalue weighted by Gasteiger charge is -2.37. The Morgan fingerprint density at radius 3 is 2.67 bits per heavy atom. The van der Waals surface area contributed by atoms with Crippen LogP contribution in [-0.4, -0.2) is 47.5 Å². The predicted molar refractivity (Wildman–Crippen MR) is 78.0 cm³/mol. The van der Waals surface area contributed by atoms with E-state index in [9.17, 15) is 4.79 Å². The lowest BCUT2D eigenvalue weighted by Crippen LogP contribution is -2.49. The number of carbonyl (C=O) groups excluding carboxylic acids is 1. The van der Waals surface area contributed by atoms with Gasteiger partial charge in [-0.2, -0.15) is 0 Å². The number of nitrogens with zero attached hydrogens (tertiary/aromatic N) is 1. The zero-order chi connectivity index (χ0) is 12.8. The smallest absolute Gasteiger partial charge is 0.235 e. The summed E-state index contributed by atoms with van der Waals surface area (Å²) in [4.78, 5) is 14.9. The minimum absolute atomic E-state index is 0.250. The van der Waals surface area contributed by atoms with Crippen molar-refractivity contribution in [1.82, 2.24) is 10.2 Å². The van der Waals surface area contributed by atoms with Crippen molar-refractivity contribution in [2.24, 2.45) is 0 Å². The Bertz CT molecular complexity index is 261. The first-order valence-corrected chi connectivity index (χ1v) is 8.50. The number of hydrogen-bond acceptors (Lipinski definition) is 3. The number of thioether (sulfide) groups is 1. The lowest BCUT2D eigenvalue weighted by molar-refractivity contribution is -0.133. The fraction of sp³-hybridized carbons (Fsp3) is 0.929. The number of carbonyl (C=O) groups is 1. The summed E-state index contributed by atoms with van der Waals surface area (Å²) in [5.41, 5.74) is 0. The molecule has 0 aromatic heterocycles. The first kappa shape index (κ1) is 14.2. The molecule has 2 heterocycles. The molecule has 1 N–H and O–H groups in total. The third kappa shape index (κ3) is 3.64. The second-order valence-electron chi connectivity index (χ2n) is 5.37.